The van der Waals surface area contributed by atoms with Gasteiger partial charge in [0.15, 0.2) is 0 Å². The molecule has 4 heteroatoms. The van der Waals surface area contributed by atoms with E-state index in [0.717, 1.165) is 24.6 Å². The van der Waals surface area contributed by atoms with Gasteiger partial charge in [0.2, 0.25) is 0 Å². The summed E-state index contributed by atoms with van der Waals surface area (Å²) in [4.78, 5) is 14.7. The molecule has 1 heterocycles. The molecule has 1 saturated heterocycles. The Morgan fingerprint density at radius 1 is 1.20 bits per heavy atom. The van der Waals surface area contributed by atoms with Gasteiger partial charge in [-0.25, -0.2) is 4.39 Å². The third kappa shape index (κ3) is 4.19. The van der Waals surface area contributed by atoms with Crippen LogP contribution in [-0.4, -0.2) is 19.0 Å². The van der Waals surface area contributed by atoms with Gasteiger partial charge in [-0.15, -0.1) is 0 Å². The number of carbonyl (C=O) groups excluding carboxylic acids is 1. The smallest absolute Gasteiger partial charge is 0.254 e. The molecule has 132 valence electrons. The van der Waals surface area contributed by atoms with Gasteiger partial charge in [-0.05, 0) is 55.5 Å². The van der Waals surface area contributed by atoms with Gasteiger partial charge in [-0.2, -0.15) is 0 Å². The van der Waals surface area contributed by atoms with Gasteiger partial charge in [0.05, 0.1) is 11.6 Å². The van der Waals surface area contributed by atoms with Gasteiger partial charge in [0, 0.05) is 18.8 Å². The monoisotopic (exact) mass is 340 g/mol. The highest BCUT2D eigenvalue weighted by Gasteiger charge is 2.18. The molecule has 1 aliphatic heterocycles. The minimum absolute atomic E-state index is 0.0771. The maximum Gasteiger partial charge on any atom is 0.254 e. The van der Waals surface area contributed by atoms with Crippen molar-refractivity contribution in [1.29, 1.82) is 0 Å². The molecule has 1 N–H and O–H groups in total. The fourth-order valence-corrected chi connectivity index (χ4v) is 3.40. The Morgan fingerprint density at radius 3 is 2.60 bits per heavy atom. The number of piperidine rings is 1. The van der Waals surface area contributed by atoms with Crippen LogP contribution in [0, 0.1) is 11.7 Å². The number of amides is 1. The number of nitrogens with zero attached hydrogens (tertiary/aromatic N) is 1. The molecular weight excluding hydrogens is 315 g/mol. The maximum atomic E-state index is 13.7. The lowest BCUT2D eigenvalue weighted by atomic mass is 9.99. The highest BCUT2D eigenvalue weighted by Crippen LogP contribution is 2.24. The van der Waals surface area contributed by atoms with Crippen LogP contribution in [0.15, 0.2) is 48.5 Å². The largest absolute Gasteiger partial charge is 0.371 e. The standard InChI is InChI=1S/C21H25FN2O/c1-15-6-5-13-24(14-15)18-11-9-17(10-12-18)16(2)23-21(25)19-7-3-4-8-20(19)22/h3-4,7-12,15-16H,5-6,13-14H2,1-2H3,(H,23,25). The van der Waals surface area contributed by atoms with Crippen molar-refractivity contribution in [1.82, 2.24) is 5.32 Å². The zero-order valence-electron chi connectivity index (χ0n) is 14.8. The van der Waals surface area contributed by atoms with E-state index < -0.39 is 5.82 Å². The van der Waals surface area contributed by atoms with Gasteiger partial charge < -0.3 is 10.2 Å². The molecule has 1 amide bonds. The molecule has 1 aliphatic rings. The normalized spacial score (nSPS) is 18.7. The molecule has 2 aromatic carbocycles. The average Bonchev–Trinajstić information content (AvgIpc) is 2.62. The van der Waals surface area contributed by atoms with Crippen LogP contribution >= 0.6 is 0 Å². The van der Waals surface area contributed by atoms with Crippen molar-refractivity contribution in [3.8, 4) is 0 Å². The number of nitrogens with one attached hydrogen (secondary N) is 1. The molecule has 0 saturated carbocycles. The lowest BCUT2D eigenvalue weighted by Crippen LogP contribution is -2.34. The van der Waals surface area contributed by atoms with E-state index in [4.69, 9.17) is 0 Å². The van der Waals surface area contributed by atoms with Crippen molar-refractivity contribution in [2.75, 3.05) is 18.0 Å². The van der Waals surface area contributed by atoms with Crippen LogP contribution in [0.25, 0.3) is 0 Å². The summed E-state index contributed by atoms with van der Waals surface area (Å²) in [6, 6.07) is 14.2. The highest BCUT2D eigenvalue weighted by molar-refractivity contribution is 5.94. The summed E-state index contributed by atoms with van der Waals surface area (Å²) >= 11 is 0. The SMILES string of the molecule is CC1CCCN(c2ccc(C(C)NC(=O)c3ccccc3F)cc2)C1. The van der Waals surface area contributed by atoms with Crippen molar-refractivity contribution in [2.24, 2.45) is 5.92 Å². The molecule has 3 rings (SSSR count). The Kier molecular flexibility index (Phi) is 5.37. The summed E-state index contributed by atoms with van der Waals surface area (Å²) in [5.41, 5.74) is 2.31. The quantitative estimate of drug-likeness (QED) is 0.885. The Morgan fingerprint density at radius 2 is 1.92 bits per heavy atom. The van der Waals surface area contributed by atoms with Crippen LogP contribution in [0.2, 0.25) is 0 Å². The Labute approximate surface area is 148 Å². The Balaban J connectivity index is 1.65. The second-order valence-electron chi connectivity index (χ2n) is 6.96. The average molecular weight is 340 g/mol. The Bertz CT molecular complexity index is 729. The fourth-order valence-electron chi connectivity index (χ4n) is 3.40. The zero-order valence-corrected chi connectivity index (χ0v) is 14.8. The number of halogens is 1. The minimum Gasteiger partial charge on any atom is -0.371 e. The van der Waals surface area contributed by atoms with E-state index in [-0.39, 0.29) is 17.5 Å². The lowest BCUT2D eigenvalue weighted by molar-refractivity contribution is 0.0936. The van der Waals surface area contributed by atoms with Crippen molar-refractivity contribution in [2.45, 2.75) is 32.7 Å². The summed E-state index contributed by atoms with van der Waals surface area (Å²) < 4.78 is 13.7. The number of hydrogen-bond acceptors (Lipinski definition) is 2. The summed E-state index contributed by atoms with van der Waals surface area (Å²) in [5, 5.41) is 2.87. The molecule has 3 nitrogen and oxygen atoms in total. The molecule has 25 heavy (non-hydrogen) atoms. The fraction of sp³-hybridized carbons (Fsp3) is 0.381. The molecule has 0 spiro atoms. The number of carbonyl (C=O) groups is 1. The first-order chi connectivity index (χ1) is 12.0. The van der Waals surface area contributed by atoms with E-state index >= 15 is 0 Å². The summed E-state index contributed by atoms with van der Waals surface area (Å²) in [6.07, 6.45) is 2.53. The van der Waals surface area contributed by atoms with Gasteiger partial charge in [-0.1, -0.05) is 31.2 Å². The van der Waals surface area contributed by atoms with Crippen molar-refractivity contribution in [3.63, 3.8) is 0 Å². The first kappa shape index (κ1) is 17.5. The third-order valence-corrected chi connectivity index (χ3v) is 4.88. The van der Waals surface area contributed by atoms with Crippen molar-refractivity contribution < 1.29 is 9.18 Å². The molecule has 2 atom stereocenters. The van der Waals surface area contributed by atoms with E-state index in [9.17, 15) is 9.18 Å². The molecule has 0 aromatic heterocycles. The van der Waals surface area contributed by atoms with E-state index in [0.29, 0.717) is 0 Å². The van der Waals surface area contributed by atoms with Crippen LogP contribution in [-0.2, 0) is 0 Å². The van der Waals surface area contributed by atoms with Crippen molar-refractivity contribution in [3.05, 3.63) is 65.5 Å². The molecule has 1 fully saturated rings. The topological polar surface area (TPSA) is 32.3 Å². The second-order valence-corrected chi connectivity index (χ2v) is 6.96. The predicted octanol–water partition coefficient (Wildman–Crippen LogP) is 4.55. The van der Waals surface area contributed by atoms with E-state index in [1.54, 1.807) is 12.1 Å². The molecular formula is C21H25FN2O. The van der Waals surface area contributed by atoms with E-state index in [1.165, 1.54) is 30.7 Å². The van der Waals surface area contributed by atoms with E-state index in [2.05, 4.69) is 29.3 Å². The van der Waals surface area contributed by atoms with Gasteiger partial charge >= 0.3 is 0 Å². The number of hydrogen-bond donors (Lipinski definition) is 1. The molecule has 0 aliphatic carbocycles. The lowest BCUT2D eigenvalue weighted by Gasteiger charge is -2.33. The van der Waals surface area contributed by atoms with Gasteiger partial charge in [0.1, 0.15) is 5.82 Å². The number of anilines is 1. The van der Waals surface area contributed by atoms with Crippen LogP contribution in [0.3, 0.4) is 0 Å². The summed E-state index contributed by atoms with van der Waals surface area (Å²) in [6.45, 7) is 6.40. The predicted molar refractivity (Wildman–Crippen MR) is 99.3 cm³/mol. The first-order valence-corrected chi connectivity index (χ1v) is 8.95. The summed E-state index contributed by atoms with van der Waals surface area (Å²) in [5.74, 6) is -0.159. The van der Waals surface area contributed by atoms with Crippen LogP contribution in [0.4, 0.5) is 10.1 Å². The zero-order chi connectivity index (χ0) is 17.8. The first-order valence-electron chi connectivity index (χ1n) is 8.95. The van der Waals surface area contributed by atoms with E-state index in [1.807, 2.05) is 19.1 Å². The van der Waals surface area contributed by atoms with Crippen LogP contribution in [0.1, 0.15) is 48.7 Å². The minimum atomic E-state index is -0.498. The summed E-state index contributed by atoms with van der Waals surface area (Å²) in [7, 11) is 0. The maximum absolute atomic E-state index is 13.7. The molecule has 2 aromatic rings. The second kappa shape index (κ2) is 7.68. The molecule has 0 radical (unpaired) electrons. The van der Waals surface area contributed by atoms with Crippen molar-refractivity contribution >= 4 is 11.6 Å². The van der Waals surface area contributed by atoms with Gasteiger partial charge in [-0.3, -0.25) is 4.79 Å². The number of rotatable bonds is 4. The Hall–Kier alpha value is -2.36. The highest BCUT2D eigenvalue weighted by atomic mass is 19.1. The van der Waals surface area contributed by atoms with Gasteiger partial charge in [0.25, 0.3) is 5.91 Å². The molecule has 2 unspecified atom stereocenters. The van der Waals surface area contributed by atoms with Crippen LogP contribution in [0.5, 0.6) is 0 Å². The molecule has 0 bridgehead atoms. The third-order valence-electron chi connectivity index (χ3n) is 4.88. The van der Waals surface area contributed by atoms with Crippen LogP contribution < -0.4 is 10.2 Å². The number of benzene rings is 2.